The zero-order valence-corrected chi connectivity index (χ0v) is 20.2. The third-order valence-electron chi connectivity index (χ3n) is 6.51. The number of anilines is 2. The van der Waals surface area contributed by atoms with Crippen molar-refractivity contribution in [3.63, 3.8) is 0 Å². The van der Waals surface area contributed by atoms with Crippen molar-refractivity contribution in [1.82, 2.24) is 35.5 Å². The van der Waals surface area contributed by atoms with Gasteiger partial charge in [-0.15, -0.1) is 5.10 Å². The minimum atomic E-state index is 0.146. The maximum atomic E-state index is 6.60. The Labute approximate surface area is 204 Å². The van der Waals surface area contributed by atoms with E-state index < -0.39 is 0 Å². The fourth-order valence-electron chi connectivity index (χ4n) is 4.44. The lowest BCUT2D eigenvalue weighted by molar-refractivity contribution is 0.170. The summed E-state index contributed by atoms with van der Waals surface area (Å²) in [5.41, 5.74) is 2.35. The van der Waals surface area contributed by atoms with Gasteiger partial charge in [0, 0.05) is 71.0 Å². The molecule has 5 rings (SSSR count). The lowest BCUT2D eigenvalue weighted by Gasteiger charge is -2.34. The number of rotatable bonds is 7. The predicted molar refractivity (Wildman–Crippen MR) is 130 cm³/mol. The second kappa shape index (κ2) is 10.5. The summed E-state index contributed by atoms with van der Waals surface area (Å²) < 4.78 is 6.26. The Kier molecular flexibility index (Phi) is 7.05. The van der Waals surface area contributed by atoms with Crippen LogP contribution in [0.4, 0.5) is 11.9 Å². The van der Waals surface area contributed by atoms with Gasteiger partial charge in [-0.2, -0.15) is 5.21 Å². The molecule has 0 amide bonds. The zero-order valence-electron chi connectivity index (χ0n) is 19.4. The molecule has 0 bridgehead atoms. The van der Waals surface area contributed by atoms with E-state index in [2.05, 4.69) is 58.3 Å². The topological polar surface area (TPSA) is 99.2 Å². The van der Waals surface area contributed by atoms with Crippen LogP contribution in [0.5, 0.6) is 5.75 Å². The van der Waals surface area contributed by atoms with E-state index in [9.17, 15) is 0 Å². The van der Waals surface area contributed by atoms with Gasteiger partial charge in [0.1, 0.15) is 11.9 Å². The molecule has 2 saturated heterocycles. The van der Waals surface area contributed by atoms with Crippen LogP contribution >= 0.6 is 11.6 Å². The van der Waals surface area contributed by atoms with E-state index in [-0.39, 0.29) is 6.10 Å². The zero-order chi connectivity index (χ0) is 23.3. The van der Waals surface area contributed by atoms with Gasteiger partial charge in [0.15, 0.2) is 0 Å². The first-order valence-corrected chi connectivity index (χ1v) is 12.3. The number of ether oxygens (including phenoxy) is 1. The number of H-pyrrole nitrogens is 1. The Balaban J connectivity index is 1.10. The molecule has 2 aromatic heterocycles. The summed E-state index contributed by atoms with van der Waals surface area (Å²) in [4.78, 5) is 15.8. The summed E-state index contributed by atoms with van der Waals surface area (Å²) in [6.07, 6.45) is 6.77. The number of piperidine rings is 1. The summed E-state index contributed by atoms with van der Waals surface area (Å²) in [5, 5.41) is 15.0. The highest BCUT2D eigenvalue weighted by molar-refractivity contribution is 6.32. The van der Waals surface area contributed by atoms with E-state index >= 15 is 0 Å². The molecular formula is C23H30ClN9O. The van der Waals surface area contributed by atoms with E-state index in [0.29, 0.717) is 11.0 Å². The van der Waals surface area contributed by atoms with Gasteiger partial charge in [-0.25, -0.2) is 9.97 Å². The molecule has 0 spiro atoms. The second-order valence-electron chi connectivity index (χ2n) is 8.79. The third-order valence-corrected chi connectivity index (χ3v) is 6.81. The van der Waals surface area contributed by atoms with Crippen molar-refractivity contribution in [2.75, 3.05) is 49.1 Å². The molecule has 1 N–H and O–H groups in total. The smallest absolute Gasteiger partial charge is 0.265 e. The van der Waals surface area contributed by atoms with E-state index in [1.807, 2.05) is 24.5 Å². The number of nitrogens with zero attached hydrogens (tertiary/aromatic N) is 8. The van der Waals surface area contributed by atoms with Crippen LogP contribution in [0, 0.1) is 0 Å². The van der Waals surface area contributed by atoms with Crippen molar-refractivity contribution in [2.45, 2.75) is 38.8 Å². The summed E-state index contributed by atoms with van der Waals surface area (Å²) in [7, 11) is 0. The lowest BCUT2D eigenvalue weighted by atomic mass is 10.1. The highest BCUT2D eigenvalue weighted by atomic mass is 35.5. The quantitative estimate of drug-likeness (QED) is 0.543. The predicted octanol–water partition coefficient (Wildman–Crippen LogP) is 2.58. The van der Waals surface area contributed by atoms with Gasteiger partial charge >= 0.3 is 0 Å². The van der Waals surface area contributed by atoms with Gasteiger partial charge in [-0.1, -0.05) is 29.7 Å². The van der Waals surface area contributed by atoms with E-state index in [1.165, 1.54) is 5.56 Å². The highest BCUT2D eigenvalue weighted by Gasteiger charge is 2.23. The first-order valence-electron chi connectivity index (χ1n) is 11.9. The molecule has 10 nitrogen and oxygen atoms in total. The monoisotopic (exact) mass is 483 g/mol. The van der Waals surface area contributed by atoms with Crippen LogP contribution in [0.3, 0.4) is 0 Å². The fourth-order valence-corrected chi connectivity index (χ4v) is 4.69. The normalized spacial score (nSPS) is 17.8. The molecule has 4 heterocycles. The fraction of sp³-hybridized carbons (Fsp3) is 0.522. The van der Waals surface area contributed by atoms with Crippen LogP contribution in [0.2, 0.25) is 5.02 Å². The van der Waals surface area contributed by atoms with Crippen LogP contribution < -0.4 is 14.5 Å². The van der Waals surface area contributed by atoms with Crippen molar-refractivity contribution < 1.29 is 4.74 Å². The summed E-state index contributed by atoms with van der Waals surface area (Å²) in [5.74, 6) is 2.22. The number of aromatic nitrogens is 6. The third kappa shape index (κ3) is 5.39. The molecule has 2 fully saturated rings. The minimum absolute atomic E-state index is 0.146. The standard InChI is InChI=1S/C23H30ClN9O/c1-2-17-14-25-22(26-15-17)32-7-5-19(6-8-32)34-21-4-3-18(13-20(21)24)16-31-9-11-33(12-10-31)23-27-29-30-28-23/h3-4,13-15,19H,2,5-12,16H2,1H3,(H,27,28,29,30). The highest BCUT2D eigenvalue weighted by Crippen LogP contribution is 2.29. The van der Waals surface area contributed by atoms with E-state index in [4.69, 9.17) is 16.3 Å². The SMILES string of the molecule is CCc1cnc(N2CCC(Oc3ccc(CN4CCN(c5nn[nH]n5)CC4)cc3Cl)CC2)nc1. The molecule has 0 saturated carbocycles. The summed E-state index contributed by atoms with van der Waals surface area (Å²) in [6.45, 7) is 8.35. The van der Waals surface area contributed by atoms with Gasteiger partial charge in [-0.3, -0.25) is 4.90 Å². The Bertz CT molecular complexity index is 1050. The van der Waals surface area contributed by atoms with Gasteiger partial charge < -0.3 is 14.5 Å². The molecule has 0 atom stereocenters. The van der Waals surface area contributed by atoms with Gasteiger partial charge in [0.25, 0.3) is 5.95 Å². The Morgan fingerprint density at radius 3 is 2.35 bits per heavy atom. The maximum Gasteiger partial charge on any atom is 0.265 e. The average Bonchev–Trinajstić information content (AvgIpc) is 3.42. The molecule has 0 unspecified atom stereocenters. The van der Waals surface area contributed by atoms with Crippen molar-refractivity contribution in [3.8, 4) is 5.75 Å². The number of hydrogen-bond donors (Lipinski definition) is 1. The summed E-state index contributed by atoms with van der Waals surface area (Å²) in [6, 6.07) is 6.15. The van der Waals surface area contributed by atoms with Crippen molar-refractivity contribution in [2.24, 2.45) is 0 Å². The molecule has 11 heteroatoms. The Morgan fingerprint density at radius 1 is 0.971 bits per heavy atom. The Morgan fingerprint density at radius 2 is 1.71 bits per heavy atom. The van der Waals surface area contributed by atoms with E-state index in [0.717, 1.165) is 82.3 Å². The number of tetrazole rings is 1. The van der Waals surface area contributed by atoms with Crippen LogP contribution in [0.1, 0.15) is 30.9 Å². The molecular weight excluding hydrogens is 454 g/mol. The largest absolute Gasteiger partial charge is 0.489 e. The number of aromatic amines is 1. The number of nitrogens with one attached hydrogen (secondary N) is 1. The van der Waals surface area contributed by atoms with Crippen LogP contribution in [0.15, 0.2) is 30.6 Å². The second-order valence-corrected chi connectivity index (χ2v) is 9.20. The van der Waals surface area contributed by atoms with Crippen LogP contribution in [-0.2, 0) is 13.0 Å². The summed E-state index contributed by atoms with van der Waals surface area (Å²) >= 11 is 6.60. The van der Waals surface area contributed by atoms with Gasteiger partial charge in [0.05, 0.1) is 5.02 Å². The van der Waals surface area contributed by atoms with Crippen molar-refractivity contribution in [1.29, 1.82) is 0 Å². The first-order chi connectivity index (χ1) is 16.7. The number of halogens is 1. The van der Waals surface area contributed by atoms with Crippen LogP contribution in [0.25, 0.3) is 0 Å². The maximum absolute atomic E-state index is 6.60. The first kappa shape index (κ1) is 22.8. The molecule has 2 aliphatic rings. The number of piperazine rings is 1. The molecule has 1 aromatic carbocycles. The van der Waals surface area contributed by atoms with Gasteiger partial charge in [-0.05, 0) is 34.9 Å². The lowest BCUT2D eigenvalue weighted by Crippen LogP contribution is -2.46. The number of aryl methyl sites for hydroxylation is 1. The molecule has 180 valence electrons. The van der Waals surface area contributed by atoms with Crippen molar-refractivity contribution >= 4 is 23.5 Å². The number of hydrogen-bond acceptors (Lipinski definition) is 9. The van der Waals surface area contributed by atoms with Gasteiger partial charge in [0.2, 0.25) is 5.95 Å². The molecule has 0 aliphatic carbocycles. The average molecular weight is 484 g/mol. The van der Waals surface area contributed by atoms with Crippen molar-refractivity contribution in [3.05, 3.63) is 46.7 Å². The van der Waals surface area contributed by atoms with E-state index in [1.54, 1.807) is 0 Å². The molecule has 3 aromatic rings. The molecule has 0 radical (unpaired) electrons. The Hall–Kier alpha value is -2.98. The number of benzene rings is 1. The minimum Gasteiger partial charge on any atom is -0.489 e. The molecule has 2 aliphatic heterocycles. The molecule has 34 heavy (non-hydrogen) atoms. The van der Waals surface area contributed by atoms with Crippen LogP contribution in [-0.4, -0.2) is 80.9 Å².